The summed E-state index contributed by atoms with van der Waals surface area (Å²) in [5.41, 5.74) is 0.600. The van der Waals surface area contributed by atoms with E-state index in [9.17, 15) is 13.2 Å². The first-order valence-electron chi connectivity index (χ1n) is 4.94. The van der Waals surface area contributed by atoms with Crippen LogP contribution in [0.4, 0.5) is 0 Å². The second-order valence-corrected chi connectivity index (χ2v) is 5.81. The van der Waals surface area contributed by atoms with Crippen molar-refractivity contribution in [3.05, 3.63) is 29.8 Å². The quantitative estimate of drug-likeness (QED) is 0.871. The van der Waals surface area contributed by atoms with Gasteiger partial charge in [-0.1, -0.05) is 19.1 Å². The molecule has 0 fully saturated rings. The zero-order chi connectivity index (χ0) is 12.3. The highest BCUT2D eigenvalue weighted by Gasteiger charge is 2.15. The average Bonchev–Trinajstić information content (AvgIpc) is 2.28. The van der Waals surface area contributed by atoms with Crippen molar-refractivity contribution in [2.24, 2.45) is 0 Å². The first-order chi connectivity index (χ1) is 7.38. The summed E-state index contributed by atoms with van der Waals surface area (Å²) < 4.78 is 23.0. The van der Waals surface area contributed by atoms with Crippen LogP contribution >= 0.6 is 0 Å². The fourth-order valence-electron chi connectivity index (χ4n) is 1.27. The summed E-state index contributed by atoms with van der Waals surface area (Å²) in [6, 6.07) is 5.99. The van der Waals surface area contributed by atoms with Gasteiger partial charge >= 0.3 is 5.97 Å². The largest absolute Gasteiger partial charge is 0.481 e. The van der Waals surface area contributed by atoms with Crippen LogP contribution in [0.25, 0.3) is 0 Å². The molecule has 16 heavy (non-hydrogen) atoms. The summed E-state index contributed by atoms with van der Waals surface area (Å²) in [6.07, 6.45) is 0. The van der Waals surface area contributed by atoms with E-state index in [2.05, 4.69) is 0 Å². The third-order valence-corrected chi connectivity index (χ3v) is 4.24. The Morgan fingerprint density at radius 3 is 2.19 bits per heavy atom. The maximum Gasteiger partial charge on any atom is 0.310 e. The molecule has 0 radical (unpaired) electrons. The Labute approximate surface area is 94.8 Å². The molecule has 0 heterocycles. The Bertz CT molecular complexity index is 473. The maximum absolute atomic E-state index is 11.5. The summed E-state index contributed by atoms with van der Waals surface area (Å²) in [5.74, 6) is -1.51. The van der Waals surface area contributed by atoms with E-state index in [1.165, 1.54) is 12.1 Å². The molecule has 0 spiro atoms. The van der Waals surface area contributed by atoms with Crippen molar-refractivity contribution in [3.8, 4) is 0 Å². The number of hydrogen-bond donors (Lipinski definition) is 1. The average molecular weight is 242 g/mol. The molecule has 1 N–H and O–H groups in total. The molecule has 0 aliphatic carbocycles. The minimum atomic E-state index is -3.21. The highest BCUT2D eigenvalue weighted by Crippen LogP contribution is 2.18. The smallest absolute Gasteiger partial charge is 0.310 e. The zero-order valence-electron chi connectivity index (χ0n) is 9.17. The molecule has 1 rings (SSSR count). The van der Waals surface area contributed by atoms with Crippen molar-refractivity contribution in [3.63, 3.8) is 0 Å². The number of carbonyl (C=O) groups is 1. The number of sulfone groups is 1. The normalized spacial score (nSPS) is 13.4. The van der Waals surface area contributed by atoms with Crippen LogP contribution in [0.1, 0.15) is 25.3 Å². The molecule has 0 unspecified atom stereocenters. The molecule has 0 saturated carbocycles. The molecule has 0 aliphatic rings. The number of carboxylic acid groups (broad SMARTS) is 1. The molecule has 1 aromatic rings. The Kier molecular flexibility index (Phi) is 3.70. The molecule has 4 nitrogen and oxygen atoms in total. The second kappa shape index (κ2) is 4.65. The van der Waals surface area contributed by atoms with Crippen LogP contribution in [0.5, 0.6) is 0 Å². The monoisotopic (exact) mass is 242 g/mol. The van der Waals surface area contributed by atoms with Gasteiger partial charge in [0.1, 0.15) is 0 Å². The number of carboxylic acids is 1. The summed E-state index contributed by atoms with van der Waals surface area (Å²) in [5, 5.41) is 8.79. The maximum atomic E-state index is 11.5. The summed E-state index contributed by atoms with van der Waals surface area (Å²) in [4.78, 5) is 11.0. The number of rotatable bonds is 4. The molecule has 0 amide bonds. The van der Waals surface area contributed by atoms with Gasteiger partial charge < -0.3 is 5.11 Å². The minimum absolute atomic E-state index is 0.0425. The molecule has 0 aliphatic heterocycles. The molecule has 0 aromatic heterocycles. The number of benzene rings is 1. The number of hydrogen-bond acceptors (Lipinski definition) is 3. The lowest BCUT2D eigenvalue weighted by Gasteiger charge is -2.07. The van der Waals surface area contributed by atoms with Gasteiger partial charge in [-0.2, -0.15) is 0 Å². The van der Waals surface area contributed by atoms with Crippen LogP contribution in [0.3, 0.4) is 0 Å². The van der Waals surface area contributed by atoms with Crippen molar-refractivity contribution in [1.29, 1.82) is 0 Å². The first-order valence-corrected chi connectivity index (χ1v) is 6.59. The van der Waals surface area contributed by atoms with E-state index in [0.29, 0.717) is 5.56 Å². The molecule has 5 heteroatoms. The molecule has 0 saturated heterocycles. The predicted octanol–water partition coefficient (Wildman–Crippen LogP) is 1.67. The van der Waals surface area contributed by atoms with Gasteiger partial charge in [0.2, 0.25) is 0 Å². The van der Waals surface area contributed by atoms with Crippen LogP contribution in [0.2, 0.25) is 0 Å². The lowest BCUT2D eigenvalue weighted by Crippen LogP contribution is -2.08. The lowest BCUT2D eigenvalue weighted by atomic mass is 10.0. The van der Waals surface area contributed by atoms with Crippen LogP contribution in [-0.4, -0.2) is 25.2 Å². The molecular formula is C11H14O4S. The zero-order valence-corrected chi connectivity index (χ0v) is 9.99. The Morgan fingerprint density at radius 2 is 1.81 bits per heavy atom. The highest BCUT2D eigenvalue weighted by molar-refractivity contribution is 7.91. The lowest BCUT2D eigenvalue weighted by molar-refractivity contribution is -0.138. The van der Waals surface area contributed by atoms with Crippen LogP contribution < -0.4 is 0 Å². The van der Waals surface area contributed by atoms with Gasteiger partial charge in [-0.25, -0.2) is 8.42 Å². The molecule has 88 valence electrons. The van der Waals surface area contributed by atoms with E-state index in [-0.39, 0.29) is 10.6 Å². The molecule has 1 aromatic carbocycles. The van der Waals surface area contributed by atoms with Gasteiger partial charge in [0, 0.05) is 0 Å². The van der Waals surface area contributed by atoms with Crippen molar-refractivity contribution >= 4 is 15.8 Å². The van der Waals surface area contributed by atoms with Gasteiger partial charge in [-0.3, -0.25) is 4.79 Å². The van der Waals surface area contributed by atoms with Gasteiger partial charge in [0.15, 0.2) is 9.84 Å². The van der Waals surface area contributed by atoms with Crippen LogP contribution in [0, 0.1) is 0 Å². The fourth-order valence-corrected chi connectivity index (χ4v) is 2.16. The second-order valence-electron chi connectivity index (χ2n) is 3.53. The van der Waals surface area contributed by atoms with Crippen molar-refractivity contribution in [2.45, 2.75) is 24.7 Å². The minimum Gasteiger partial charge on any atom is -0.481 e. The highest BCUT2D eigenvalue weighted by atomic mass is 32.2. The standard InChI is InChI=1S/C11H14O4S/c1-3-16(14,15)10-6-4-9(5-7-10)8(2)11(12)13/h4-8H,3H2,1-2H3,(H,12,13)/t8-/m1/s1. The van der Waals surface area contributed by atoms with E-state index >= 15 is 0 Å². The fraction of sp³-hybridized carbons (Fsp3) is 0.364. The molecular weight excluding hydrogens is 228 g/mol. The van der Waals surface area contributed by atoms with E-state index in [1.54, 1.807) is 26.0 Å². The van der Waals surface area contributed by atoms with Gasteiger partial charge in [0.05, 0.1) is 16.6 Å². The predicted molar refractivity (Wildman–Crippen MR) is 60.2 cm³/mol. The molecule has 0 bridgehead atoms. The number of aliphatic carboxylic acids is 1. The van der Waals surface area contributed by atoms with Crippen LogP contribution in [-0.2, 0) is 14.6 Å². The van der Waals surface area contributed by atoms with Crippen molar-refractivity contribution < 1.29 is 18.3 Å². The van der Waals surface area contributed by atoms with Gasteiger partial charge in [-0.05, 0) is 24.6 Å². The van der Waals surface area contributed by atoms with Gasteiger partial charge in [-0.15, -0.1) is 0 Å². The first kappa shape index (κ1) is 12.7. The van der Waals surface area contributed by atoms with Crippen molar-refractivity contribution in [2.75, 3.05) is 5.75 Å². The topological polar surface area (TPSA) is 71.4 Å². The summed E-state index contributed by atoms with van der Waals surface area (Å²) in [7, 11) is -3.21. The van der Waals surface area contributed by atoms with Crippen molar-refractivity contribution in [1.82, 2.24) is 0 Å². The Morgan fingerprint density at radius 1 is 1.31 bits per heavy atom. The third-order valence-electron chi connectivity index (χ3n) is 2.49. The third kappa shape index (κ3) is 2.61. The Balaban J connectivity index is 3.05. The van der Waals surface area contributed by atoms with E-state index in [4.69, 9.17) is 5.11 Å². The van der Waals surface area contributed by atoms with E-state index < -0.39 is 21.7 Å². The Hall–Kier alpha value is -1.36. The van der Waals surface area contributed by atoms with Crippen LogP contribution in [0.15, 0.2) is 29.2 Å². The molecule has 1 atom stereocenters. The SMILES string of the molecule is CCS(=O)(=O)c1ccc([C@@H](C)C(=O)O)cc1. The summed E-state index contributed by atoms with van der Waals surface area (Å²) >= 11 is 0. The summed E-state index contributed by atoms with van der Waals surface area (Å²) in [6.45, 7) is 3.13. The van der Waals surface area contributed by atoms with E-state index in [1.807, 2.05) is 0 Å². The van der Waals surface area contributed by atoms with Gasteiger partial charge in [0.25, 0.3) is 0 Å². The van der Waals surface area contributed by atoms with E-state index in [0.717, 1.165) is 0 Å².